The minimum atomic E-state index is -0.260. The number of esters is 1. The van der Waals surface area contributed by atoms with Gasteiger partial charge in [-0.2, -0.15) is 0 Å². The zero-order valence-electron chi connectivity index (χ0n) is 12.6. The van der Waals surface area contributed by atoms with Gasteiger partial charge < -0.3 is 9.26 Å². The molecule has 0 aromatic heterocycles. The third-order valence-electron chi connectivity index (χ3n) is 2.62. The molecule has 0 saturated heterocycles. The molecule has 18 heavy (non-hydrogen) atoms. The van der Waals surface area contributed by atoms with Crippen LogP contribution in [0.3, 0.4) is 0 Å². The maximum absolute atomic E-state index is 11.4. The van der Waals surface area contributed by atoms with E-state index < -0.39 is 0 Å². The van der Waals surface area contributed by atoms with Crippen molar-refractivity contribution < 1.29 is 14.1 Å². The van der Waals surface area contributed by atoms with Crippen LogP contribution in [0.5, 0.6) is 0 Å². The summed E-state index contributed by atoms with van der Waals surface area (Å²) in [6.07, 6.45) is 4.83. The van der Waals surface area contributed by atoms with Crippen LogP contribution in [0.4, 0.5) is 0 Å². The Morgan fingerprint density at radius 3 is 2.39 bits per heavy atom. The van der Waals surface area contributed by atoms with Crippen molar-refractivity contribution in [3.05, 3.63) is 0 Å². The third-order valence-corrected chi connectivity index (χ3v) is 4.98. The molecule has 0 bridgehead atoms. The molecule has 0 aliphatic rings. The van der Waals surface area contributed by atoms with E-state index >= 15 is 0 Å². The van der Waals surface area contributed by atoms with E-state index in [1.165, 1.54) is 0 Å². The summed E-state index contributed by atoms with van der Waals surface area (Å²) in [7, 11) is -0.260. The van der Waals surface area contributed by atoms with Gasteiger partial charge in [-0.25, -0.2) is 0 Å². The fourth-order valence-corrected chi connectivity index (χ4v) is 3.60. The first-order valence-corrected chi connectivity index (χ1v) is 8.69. The van der Waals surface area contributed by atoms with Gasteiger partial charge in [-0.05, 0) is 51.9 Å². The fraction of sp³-hybridized carbons (Fsp3) is 0.929. The van der Waals surface area contributed by atoms with Crippen molar-refractivity contribution in [1.82, 2.24) is 0 Å². The zero-order valence-corrected chi connectivity index (χ0v) is 13.5. The molecule has 3 nitrogen and oxygen atoms in total. The molecule has 0 amide bonds. The second-order valence-electron chi connectivity index (χ2n) is 4.93. The molecule has 0 radical (unpaired) electrons. The smallest absolute Gasteiger partial charge is 0.306 e. The maximum atomic E-state index is 11.4. The van der Waals surface area contributed by atoms with Gasteiger partial charge in [0.15, 0.2) is 0 Å². The first kappa shape index (κ1) is 17.9. The van der Waals surface area contributed by atoms with Crippen molar-refractivity contribution in [2.45, 2.75) is 60.0 Å². The van der Waals surface area contributed by atoms with Gasteiger partial charge in [-0.15, -0.1) is 0 Å². The standard InChI is InChI=1S/C14H29O3P/c1-6-16-18(7-2)11-13(5)9-8-10-14(15)17-12(3)4/h12-13H,6-11H2,1-5H3. The monoisotopic (exact) mass is 276 g/mol. The first-order valence-electron chi connectivity index (χ1n) is 7.06. The molecule has 0 saturated carbocycles. The largest absolute Gasteiger partial charge is 0.463 e. The quantitative estimate of drug-likeness (QED) is 0.443. The molecule has 4 heteroatoms. The normalized spacial score (nSPS) is 14.6. The molecular formula is C14H29O3P. The highest BCUT2D eigenvalue weighted by Gasteiger charge is 2.12. The molecule has 0 N–H and O–H groups in total. The molecule has 0 fully saturated rings. The van der Waals surface area contributed by atoms with Gasteiger partial charge in [-0.3, -0.25) is 4.79 Å². The lowest BCUT2D eigenvalue weighted by molar-refractivity contribution is -0.147. The van der Waals surface area contributed by atoms with Crippen LogP contribution in [0.25, 0.3) is 0 Å². The Kier molecular flexibility index (Phi) is 10.7. The molecule has 0 aliphatic heterocycles. The highest BCUT2D eigenvalue weighted by atomic mass is 31.1. The number of carbonyl (C=O) groups excluding carboxylic acids is 1. The van der Waals surface area contributed by atoms with Crippen molar-refractivity contribution in [3.63, 3.8) is 0 Å². The van der Waals surface area contributed by atoms with Crippen molar-refractivity contribution >= 4 is 14.1 Å². The molecular weight excluding hydrogens is 247 g/mol. The summed E-state index contributed by atoms with van der Waals surface area (Å²) < 4.78 is 10.8. The van der Waals surface area contributed by atoms with Crippen LogP contribution in [0, 0.1) is 5.92 Å². The molecule has 108 valence electrons. The van der Waals surface area contributed by atoms with E-state index in [0.717, 1.165) is 31.8 Å². The highest BCUT2D eigenvalue weighted by molar-refractivity contribution is 7.52. The lowest BCUT2D eigenvalue weighted by Gasteiger charge is -2.19. The van der Waals surface area contributed by atoms with E-state index in [4.69, 9.17) is 9.26 Å². The van der Waals surface area contributed by atoms with Gasteiger partial charge in [0, 0.05) is 21.2 Å². The van der Waals surface area contributed by atoms with E-state index in [0.29, 0.717) is 12.3 Å². The second-order valence-corrected chi connectivity index (χ2v) is 7.15. The third kappa shape index (κ3) is 9.85. The minimum Gasteiger partial charge on any atom is -0.463 e. The lowest BCUT2D eigenvalue weighted by Crippen LogP contribution is -2.11. The number of carbonyl (C=O) groups is 1. The van der Waals surface area contributed by atoms with Crippen LogP contribution in [0.2, 0.25) is 0 Å². The Morgan fingerprint density at radius 2 is 1.89 bits per heavy atom. The van der Waals surface area contributed by atoms with Crippen LogP contribution in [0.15, 0.2) is 0 Å². The Labute approximate surface area is 113 Å². The van der Waals surface area contributed by atoms with Crippen LogP contribution in [0.1, 0.15) is 53.9 Å². The highest BCUT2D eigenvalue weighted by Crippen LogP contribution is 2.39. The van der Waals surface area contributed by atoms with Crippen LogP contribution < -0.4 is 0 Å². The molecule has 0 aliphatic carbocycles. The summed E-state index contributed by atoms with van der Waals surface area (Å²) in [5.74, 6) is 0.564. The number of rotatable bonds is 10. The van der Waals surface area contributed by atoms with Gasteiger partial charge in [0.05, 0.1) is 6.10 Å². The minimum absolute atomic E-state index is 0.000747. The van der Waals surface area contributed by atoms with Gasteiger partial charge >= 0.3 is 5.97 Å². The summed E-state index contributed by atoms with van der Waals surface area (Å²) in [5.41, 5.74) is 0. The van der Waals surface area contributed by atoms with E-state index in [-0.39, 0.29) is 20.2 Å². The molecule has 0 spiro atoms. The fourth-order valence-electron chi connectivity index (χ4n) is 1.81. The van der Waals surface area contributed by atoms with Gasteiger partial charge in [-0.1, -0.05) is 13.8 Å². The average Bonchev–Trinajstić information content (AvgIpc) is 2.27. The molecule has 0 heterocycles. The average molecular weight is 276 g/mol. The Bertz CT molecular complexity index is 219. The lowest BCUT2D eigenvalue weighted by atomic mass is 10.1. The predicted molar refractivity (Wildman–Crippen MR) is 78.2 cm³/mol. The van der Waals surface area contributed by atoms with Crippen molar-refractivity contribution in [3.8, 4) is 0 Å². The Morgan fingerprint density at radius 1 is 1.22 bits per heavy atom. The molecule has 2 unspecified atom stereocenters. The van der Waals surface area contributed by atoms with E-state index in [1.807, 2.05) is 13.8 Å². The van der Waals surface area contributed by atoms with Gasteiger partial charge in [0.25, 0.3) is 0 Å². The van der Waals surface area contributed by atoms with E-state index in [1.54, 1.807) is 0 Å². The molecule has 0 rings (SSSR count). The van der Waals surface area contributed by atoms with Crippen LogP contribution in [-0.2, 0) is 14.1 Å². The first-order chi connectivity index (χ1) is 8.49. The zero-order chi connectivity index (χ0) is 14.0. The van der Waals surface area contributed by atoms with Crippen molar-refractivity contribution in [2.24, 2.45) is 5.92 Å². The second kappa shape index (κ2) is 10.8. The van der Waals surface area contributed by atoms with Crippen molar-refractivity contribution in [2.75, 3.05) is 18.9 Å². The van der Waals surface area contributed by atoms with Gasteiger partial charge in [0.1, 0.15) is 0 Å². The van der Waals surface area contributed by atoms with E-state index in [9.17, 15) is 4.79 Å². The number of hydrogen-bond donors (Lipinski definition) is 0. The van der Waals surface area contributed by atoms with Gasteiger partial charge in [0.2, 0.25) is 0 Å². The Hall–Kier alpha value is -0.140. The van der Waals surface area contributed by atoms with Crippen LogP contribution in [-0.4, -0.2) is 31.0 Å². The predicted octanol–water partition coefficient (Wildman–Crippen LogP) is 4.20. The molecule has 0 aromatic carbocycles. The summed E-state index contributed by atoms with van der Waals surface area (Å²) in [5, 5.41) is 0. The van der Waals surface area contributed by atoms with Crippen LogP contribution >= 0.6 is 8.15 Å². The maximum Gasteiger partial charge on any atom is 0.306 e. The SMILES string of the molecule is CCOP(CC)CC(C)CCCC(=O)OC(C)C. The topological polar surface area (TPSA) is 35.5 Å². The summed E-state index contributed by atoms with van der Waals surface area (Å²) in [6.45, 7) is 11.1. The number of ether oxygens (including phenoxy) is 1. The van der Waals surface area contributed by atoms with E-state index in [2.05, 4.69) is 20.8 Å². The number of hydrogen-bond acceptors (Lipinski definition) is 3. The summed E-state index contributed by atoms with van der Waals surface area (Å²) in [6, 6.07) is 0. The molecule has 2 atom stereocenters. The summed E-state index contributed by atoms with van der Waals surface area (Å²) in [4.78, 5) is 11.4. The summed E-state index contributed by atoms with van der Waals surface area (Å²) >= 11 is 0. The Balaban J connectivity index is 3.69. The molecule has 0 aromatic rings. The van der Waals surface area contributed by atoms with Crippen molar-refractivity contribution in [1.29, 1.82) is 0 Å².